The second-order valence-corrected chi connectivity index (χ2v) is 5.26. The average molecular weight is 317 g/mol. The number of ether oxygens (including phenoxy) is 2. The highest BCUT2D eigenvalue weighted by Crippen LogP contribution is 2.08. The molecule has 0 unspecified atom stereocenters. The zero-order chi connectivity index (χ0) is 16.7. The molecule has 5 heteroatoms. The highest BCUT2D eigenvalue weighted by atomic mass is 19.1. The fraction of sp³-hybridized carbons (Fsp3) is 0.278. The molecule has 2 rings (SSSR count). The van der Waals surface area contributed by atoms with E-state index in [1.54, 1.807) is 19.1 Å². The summed E-state index contributed by atoms with van der Waals surface area (Å²) in [6, 6.07) is 14.5. The maximum atomic E-state index is 12.8. The molecule has 2 aromatic carbocycles. The van der Waals surface area contributed by atoms with Gasteiger partial charge in [-0.05, 0) is 30.2 Å². The van der Waals surface area contributed by atoms with E-state index in [2.05, 4.69) is 0 Å². The third-order valence-corrected chi connectivity index (χ3v) is 3.43. The minimum atomic E-state index is -0.876. The Hall–Kier alpha value is -2.24. The Balaban J connectivity index is 1.77. The first-order valence-electron chi connectivity index (χ1n) is 7.38. The van der Waals surface area contributed by atoms with Crippen molar-refractivity contribution in [3.05, 3.63) is 71.5 Å². The second-order valence-electron chi connectivity index (χ2n) is 5.26. The molecule has 4 nitrogen and oxygen atoms in total. The van der Waals surface area contributed by atoms with Gasteiger partial charge in [-0.1, -0.05) is 42.5 Å². The van der Waals surface area contributed by atoms with Crippen LogP contribution >= 0.6 is 0 Å². The summed E-state index contributed by atoms with van der Waals surface area (Å²) in [6.45, 7) is 2.16. The van der Waals surface area contributed by atoms with Gasteiger partial charge in [0.15, 0.2) is 0 Å². The Morgan fingerprint density at radius 3 is 2.30 bits per heavy atom. The van der Waals surface area contributed by atoms with Gasteiger partial charge in [-0.2, -0.15) is 0 Å². The van der Waals surface area contributed by atoms with Gasteiger partial charge in [0.1, 0.15) is 18.5 Å². The van der Waals surface area contributed by atoms with Crippen molar-refractivity contribution in [3.8, 4) is 0 Å². The van der Waals surface area contributed by atoms with Crippen LogP contribution in [0.4, 0.5) is 4.39 Å². The van der Waals surface area contributed by atoms with E-state index in [0.717, 1.165) is 5.56 Å². The second kappa shape index (κ2) is 8.41. The number of halogens is 1. The van der Waals surface area contributed by atoms with E-state index in [-0.39, 0.29) is 12.4 Å². The van der Waals surface area contributed by atoms with Crippen LogP contribution < -0.4 is 5.73 Å². The Bertz CT molecular complexity index is 616. The number of hydrogen-bond donors (Lipinski definition) is 1. The first kappa shape index (κ1) is 17.1. The topological polar surface area (TPSA) is 61.5 Å². The Labute approximate surface area is 135 Å². The molecule has 0 bridgehead atoms. The molecule has 0 amide bonds. The van der Waals surface area contributed by atoms with E-state index in [4.69, 9.17) is 15.2 Å². The molecule has 0 radical (unpaired) electrons. The molecule has 0 aliphatic heterocycles. The fourth-order valence-corrected chi connectivity index (χ4v) is 1.93. The van der Waals surface area contributed by atoms with Gasteiger partial charge in [-0.25, -0.2) is 4.39 Å². The van der Waals surface area contributed by atoms with Gasteiger partial charge in [0.2, 0.25) is 0 Å². The van der Waals surface area contributed by atoms with Crippen LogP contribution in [-0.2, 0) is 27.5 Å². The number of rotatable bonds is 7. The van der Waals surface area contributed by atoms with Crippen molar-refractivity contribution in [2.45, 2.75) is 32.3 Å². The smallest absolute Gasteiger partial charge is 0.325 e. The lowest BCUT2D eigenvalue weighted by Gasteiger charge is -2.19. The molecule has 0 heterocycles. The van der Waals surface area contributed by atoms with Crippen LogP contribution in [0.3, 0.4) is 0 Å². The van der Waals surface area contributed by atoms with E-state index in [9.17, 15) is 9.18 Å². The summed E-state index contributed by atoms with van der Waals surface area (Å²) in [4.78, 5) is 11.9. The van der Waals surface area contributed by atoms with E-state index < -0.39 is 18.1 Å². The minimum Gasteiger partial charge on any atom is -0.460 e. The number of esters is 1. The molecule has 0 saturated carbocycles. The van der Waals surface area contributed by atoms with Gasteiger partial charge >= 0.3 is 5.97 Å². The fourth-order valence-electron chi connectivity index (χ4n) is 1.93. The third-order valence-electron chi connectivity index (χ3n) is 3.43. The van der Waals surface area contributed by atoms with E-state index in [0.29, 0.717) is 12.2 Å². The first-order chi connectivity index (χ1) is 11.1. The average Bonchev–Trinajstić information content (AvgIpc) is 2.59. The predicted molar refractivity (Wildman–Crippen MR) is 84.9 cm³/mol. The van der Waals surface area contributed by atoms with Gasteiger partial charge in [0, 0.05) is 0 Å². The molecule has 0 fully saturated rings. The van der Waals surface area contributed by atoms with E-state index in [1.807, 2.05) is 30.3 Å². The number of benzene rings is 2. The highest BCUT2D eigenvalue weighted by Gasteiger charge is 2.23. The van der Waals surface area contributed by atoms with Crippen LogP contribution in [0.1, 0.15) is 18.1 Å². The van der Waals surface area contributed by atoms with Crippen molar-refractivity contribution in [2.24, 2.45) is 5.73 Å². The van der Waals surface area contributed by atoms with Crippen LogP contribution in [0.2, 0.25) is 0 Å². The summed E-state index contributed by atoms with van der Waals surface area (Å²) in [5.41, 5.74) is 7.56. The highest BCUT2D eigenvalue weighted by molar-refractivity contribution is 5.76. The number of carbonyl (C=O) groups excluding carboxylic acids is 1. The molecule has 0 aliphatic rings. The predicted octanol–water partition coefficient (Wildman–Crippen LogP) is 2.80. The van der Waals surface area contributed by atoms with E-state index >= 15 is 0 Å². The van der Waals surface area contributed by atoms with Gasteiger partial charge in [-0.15, -0.1) is 0 Å². The summed E-state index contributed by atoms with van der Waals surface area (Å²) < 4.78 is 23.5. The summed E-state index contributed by atoms with van der Waals surface area (Å²) in [5.74, 6) is -0.880. The number of hydrogen-bond acceptors (Lipinski definition) is 4. The summed E-state index contributed by atoms with van der Waals surface area (Å²) in [5, 5.41) is 0. The molecule has 0 spiro atoms. The maximum absolute atomic E-state index is 12.8. The van der Waals surface area contributed by atoms with Gasteiger partial charge < -0.3 is 15.2 Å². The van der Waals surface area contributed by atoms with Crippen molar-refractivity contribution in [1.29, 1.82) is 0 Å². The normalized spacial score (nSPS) is 13.3. The van der Waals surface area contributed by atoms with Crippen LogP contribution in [0.25, 0.3) is 0 Å². The lowest BCUT2D eigenvalue weighted by atomic mass is 10.2. The minimum absolute atomic E-state index is 0.0538. The summed E-state index contributed by atoms with van der Waals surface area (Å²) in [7, 11) is 0. The molecule has 2 N–H and O–H groups in total. The van der Waals surface area contributed by atoms with Crippen molar-refractivity contribution in [3.63, 3.8) is 0 Å². The van der Waals surface area contributed by atoms with Crippen molar-refractivity contribution in [2.75, 3.05) is 0 Å². The number of nitrogens with two attached hydrogens (primary N) is 1. The van der Waals surface area contributed by atoms with Crippen LogP contribution in [0.15, 0.2) is 54.6 Å². The maximum Gasteiger partial charge on any atom is 0.325 e. The van der Waals surface area contributed by atoms with Crippen LogP contribution in [0.5, 0.6) is 0 Å². The first-order valence-corrected chi connectivity index (χ1v) is 7.38. The molecular formula is C18H20FNO3. The molecular weight excluding hydrogens is 297 g/mol. The number of carbonyl (C=O) groups is 1. The molecule has 0 aromatic heterocycles. The molecule has 122 valence electrons. The summed E-state index contributed by atoms with van der Waals surface area (Å²) >= 11 is 0. The zero-order valence-corrected chi connectivity index (χ0v) is 12.9. The molecule has 2 atom stereocenters. The largest absolute Gasteiger partial charge is 0.460 e. The monoisotopic (exact) mass is 317 g/mol. The zero-order valence-electron chi connectivity index (χ0n) is 12.9. The van der Waals surface area contributed by atoms with Gasteiger partial charge in [-0.3, -0.25) is 4.79 Å². The Morgan fingerprint density at radius 1 is 1.04 bits per heavy atom. The Morgan fingerprint density at radius 2 is 1.65 bits per heavy atom. The lowest BCUT2D eigenvalue weighted by Crippen LogP contribution is -2.42. The quantitative estimate of drug-likeness (QED) is 0.798. The third kappa shape index (κ3) is 5.47. The van der Waals surface area contributed by atoms with Crippen LogP contribution in [-0.4, -0.2) is 18.1 Å². The Kier molecular flexibility index (Phi) is 6.26. The van der Waals surface area contributed by atoms with Gasteiger partial charge in [0.05, 0.1) is 12.7 Å². The molecule has 2 aromatic rings. The standard InChI is InChI=1S/C18H20FNO3/c1-13(22-11-14-5-3-2-4-6-14)17(20)18(21)23-12-15-7-9-16(19)10-8-15/h2-10,13,17H,11-12,20H2,1H3/t13-,17+/m1/s1. The van der Waals surface area contributed by atoms with Gasteiger partial charge in [0.25, 0.3) is 0 Å². The summed E-state index contributed by atoms with van der Waals surface area (Å²) in [6.07, 6.45) is -0.476. The molecule has 0 saturated heterocycles. The van der Waals surface area contributed by atoms with Crippen molar-refractivity contribution >= 4 is 5.97 Å². The van der Waals surface area contributed by atoms with Crippen molar-refractivity contribution < 1.29 is 18.7 Å². The lowest BCUT2D eigenvalue weighted by molar-refractivity contribution is -0.150. The molecule has 0 aliphatic carbocycles. The SMILES string of the molecule is C[C@@H](OCc1ccccc1)[C@H](N)C(=O)OCc1ccc(F)cc1. The van der Waals surface area contributed by atoms with E-state index in [1.165, 1.54) is 12.1 Å². The van der Waals surface area contributed by atoms with Crippen LogP contribution in [0, 0.1) is 5.82 Å². The molecule has 23 heavy (non-hydrogen) atoms. The van der Waals surface area contributed by atoms with Crippen molar-refractivity contribution in [1.82, 2.24) is 0 Å².